The Morgan fingerprint density at radius 1 is 1.22 bits per heavy atom. The first-order valence-electron chi connectivity index (χ1n) is 7.65. The van der Waals surface area contributed by atoms with Crippen molar-refractivity contribution < 1.29 is 18.3 Å². The van der Waals surface area contributed by atoms with Crippen LogP contribution in [0, 0.1) is 0 Å². The number of ether oxygens (including phenoxy) is 2. The Labute approximate surface area is 132 Å². The Hall–Kier alpha value is -2.53. The zero-order valence-corrected chi connectivity index (χ0v) is 12.7. The van der Waals surface area contributed by atoms with Crippen molar-refractivity contribution in [3.8, 4) is 5.75 Å². The van der Waals surface area contributed by atoms with Crippen molar-refractivity contribution in [3.05, 3.63) is 64.4 Å². The second kappa shape index (κ2) is 5.59. The zero-order chi connectivity index (χ0) is 15.8. The Morgan fingerprint density at radius 2 is 2.09 bits per heavy atom. The van der Waals surface area contributed by atoms with Gasteiger partial charge in [0.25, 0.3) is 0 Å². The number of para-hydroxylation sites is 1. The fourth-order valence-corrected chi connectivity index (χ4v) is 3.09. The summed E-state index contributed by atoms with van der Waals surface area (Å²) in [7, 11) is 0. The van der Waals surface area contributed by atoms with E-state index in [1.807, 2.05) is 37.3 Å². The molecule has 0 bridgehead atoms. The van der Waals surface area contributed by atoms with Crippen LogP contribution < -0.4 is 10.4 Å². The highest BCUT2D eigenvalue weighted by molar-refractivity contribution is 5.85. The number of hydrogen-bond acceptors (Lipinski definition) is 5. The molecule has 1 aromatic carbocycles. The molecule has 0 amide bonds. The second-order valence-electron chi connectivity index (χ2n) is 5.43. The van der Waals surface area contributed by atoms with Crippen molar-refractivity contribution in [2.24, 2.45) is 0 Å². The maximum absolute atomic E-state index is 12.5. The van der Waals surface area contributed by atoms with E-state index in [1.54, 1.807) is 12.3 Å². The first-order chi connectivity index (χ1) is 11.3. The lowest BCUT2D eigenvalue weighted by Gasteiger charge is -2.30. The number of fused-ring (bicyclic) bond motifs is 3. The van der Waals surface area contributed by atoms with Crippen LogP contribution in [0.4, 0.5) is 0 Å². The third-order valence-electron chi connectivity index (χ3n) is 4.06. The summed E-state index contributed by atoms with van der Waals surface area (Å²) in [6.45, 7) is 2.45. The zero-order valence-electron chi connectivity index (χ0n) is 12.7. The predicted octanol–water partition coefficient (Wildman–Crippen LogP) is 3.66. The standard InChI is InChI=1S/C18H16O5/c1-2-20-15-10-12(13-8-5-9-21-13)16-17(23-15)11-6-3-4-7-14(11)22-18(16)19/h3-9,12,15H,2,10H2,1H3/t12-,15+/m1/s1. The molecule has 0 unspecified atom stereocenters. The molecular weight excluding hydrogens is 296 g/mol. The summed E-state index contributed by atoms with van der Waals surface area (Å²) in [4.78, 5) is 12.5. The molecule has 2 atom stereocenters. The fraction of sp³-hybridized carbons (Fsp3) is 0.278. The molecule has 0 fully saturated rings. The van der Waals surface area contributed by atoms with Gasteiger partial charge in [0.05, 0.1) is 23.1 Å². The SMILES string of the molecule is CCO[C@@H]1C[C@H](c2ccco2)c2c(c3ccccc3oc2=O)O1. The second-order valence-corrected chi connectivity index (χ2v) is 5.43. The maximum Gasteiger partial charge on any atom is 0.343 e. The summed E-state index contributed by atoms with van der Waals surface area (Å²) in [6, 6.07) is 11.0. The van der Waals surface area contributed by atoms with E-state index in [9.17, 15) is 4.79 Å². The van der Waals surface area contributed by atoms with E-state index in [-0.39, 0.29) is 5.92 Å². The number of hydrogen-bond donors (Lipinski definition) is 0. The van der Waals surface area contributed by atoms with E-state index in [4.69, 9.17) is 18.3 Å². The maximum atomic E-state index is 12.5. The van der Waals surface area contributed by atoms with E-state index < -0.39 is 11.9 Å². The molecule has 5 heteroatoms. The van der Waals surface area contributed by atoms with Gasteiger partial charge < -0.3 is 18.3 Å². The van der Waals surface area contributed by atoms with Gasteiger partial charge >= 0.3 is 5.63 Å². The fourth-order valence-electron chi connectivity index (χ4n) is 3.09. The summed E-state index contributed by atoms with van der Waals surface area (Å²) in [6.07, 6.45) is 1.69. The van der Waals surface area contributed by atoms with Crippen molar-refractivity contribution in [1.82, 2.24) is 0 Å². The van der Waals surface area contributed by atoms with Gasteiger partial charge in [-0.05, 0) is 31.2 Å². The third-order valence-corrected chi connectivity index (χ3v) is 4.06. The Bertz CT molecular complexity index is 878. The average Bonchev–Trinajstić information content (AvgIpc) is 3.09. The first-order valence-corrected chi connectivity index (χ1v) is 7.65. The van der Waals surface area contributed by atoms with Crippen LogP contribution >= 0.6 is 0 Å². The highest BCUT2D eigenvalue weighted by Gasteiger charge is 2.36. The third kappa shape index (κ3) is 2.33. The highest BCUT2D eigenvalue weighted by Crippen LogP contribution is 2.42. The minimum Gasteiger partial charge on any atom is -0.469 e. The molecule has 23 heavy (non-hydrogen) atoms. The quantitative estimate of drug-likeness (QED) is 0.691. The lowest BCUT2D eigenvalue weighted by atomic mass is 9.90. The topological polar surface area (TPSA) is 61.8 Å². The Balaban J connectivity index is 1.96. The summed E-state index contributed by atoms with van der Waals surface area (Å²) in [5.74, 6) is 0.996. The molecular formula is C18H16O5. The minimum absolute atomic E-state index is 0.244. The van der Waals surface area contributed by atoms with Crippen LogP contribution in [0.3, 0.4) is 0 Å². The number of rotatable bonds is 3. The monoisotopic (exact) mass is 312 g/mol. The van der Waals surface area contributed by atoms with Gasteiger partial charge in [-0.15, -0.1) is 0 Å². The van der Waals surface area contributed by atoms with E-state index >= 15 is 0 Å². The van der Waals surface area contributed by atoms with Gasteiger partial charge in [-0.1, -0.05) is 12.1 Å². The average molecular weight is 312 g/mol. The minimum atomic E-state index is -0.423. The summed E-state index contributed by atoms with van der Waals surface area (Å²) < 4.78 is 22.6. The van der Waals surface area contributed by atoms with Crippen molar-refractivity contribution in [3.63, 3.8) is 0 Å². The molecule has 0 aliphatic carbocycles. The molecule has 4 rings (SSSR count). The van der Waals surface area contributed by atoms with Crippen molar-refractivity contribution >= 4 is 11.0 Å². The predicted molar refractivity (Wildman–Crippen MR) is 83.7 cm³/mol. The Kier molecular flexibility index (Phi) is 3.42. The van der Waals surface area contributed by atoms with Crippen molar-refractivity contribution in [2.75, 3.05) is 6.61 Å². The van der Waals surface area contributed by atoms with Gasteiger partial charge in [0.1, 0.15) is 17.1 Å². The van der Waals surface area contributed by atoms with E-state index in [1.165, 1.54) is 0 Å². The van der Waals surface area contributed by atoms with Crippen LogP contribution in [0.1, 0.15) is 30.6 Å². The largest absolute Gasteiger partial charge is 0.469 e. The van der Waals surface area contributed by atoms with Crippen LogP contribution in [0.25, 0.3) is 11.0 Å². The molecule has 3 heterocycles. The van der Waals surface area contributed by atoms with Crippen molar-refractivity contribution in [2.45, 2.75) is 25.6 Å². The molecule has 0 radical (unpaired) electrons. The molecule has 0 spiro atoms. The lowest BCUT2D eigenvalue weighted by molar-refractivity contribution is -0.0899. The summed E-state index contributed by atoms with van der Waals surface area (Å²) >= 11 is 0. The van der Waals surface area contributed by atoms with Gasteiger partial charge in [-0.25, -0.2) is 4.79 Å². The molecule has 1 aliphatic rings. The lowest BCUT2D eigenvalue weighted by Crippen LogP contribution is -2.32. The smallest absolute Gasteiger partial charge is 0.343 e. The molecule has 3 aromatic rings. The van der Waals surface area contributed by atoms with Crippen LogP contribution in [0.5, 0.6) is 5.75 Å². The van der Waals surface area contributed by atoms with Gasteiger partial charge in [-0.3, -0.25) is 0 Å². The van der Waals surface area contributed by atoms with Crippen LogP contribution in [-0.2, 0) is 4.74 Å². The van der Waals surface area contributed by atoms with Crippen molar-refractivity contribution in [1.29, 1.82) is 0 Å². The number of furan rings is 1. The normalized spacial score (nSPS) is 20.2. The first kappa shape index (κ1) is 14.1. The van der Waals surface area contributed by atoms with Gasteiger partial charge in [0, 0.05) is 13.0 Å². The van der Waals surface area contributed by atoms with Crippen LogP contribution in [-0.4, -0.2) is 12.9 Å². The van der Waals surface area contributed by atoms with E-state index in [0.29, 0.717) is 35.7 Å². The van der Waals surface area contributed by atoms with Gasteiger partial charge in [0.2, 0.25) is 6.29 Å². The molecule has 0 N–H and O–H groups in total. The van der Waals surface area contributed by atoms with E-state index in [0.717, 1.165) is 5.39 Å². The molecule has 1 aliphatic heterocycles. The number of benzene rings is 1. The summed E-state index contributed by atoms with van der Waals surface area (Å²) in [5.41, 5.74) is 0.608. The molecule has 0 saturated heterocycles. The molecule has 5 nitrogen and oxygen atoms in total. The molecule has 0 saturated carbocycles. The molecule has 2 aromatic heterocycles. The Morgan fingerprint density at radius 3 is 2.87 bits per heavy atom. The van der Waals surface area contributed by atoms with Crippen LogP contribution in [0.2, 0.25) is 0 Å². The van der Waals surface area contributed by atoms with E-state index in [2.05, 4.69) is 0 Å². The van der Waals surface area contributed by atoms with Gasteiger partial charge in [0.15, 0.2) is 0 Å². The highest BCUT2D eigenvalue weighted by atomic mass is 16.7. The summed E-state index contributed by atoms with van der Waals surface area (Å²) in [5, 5.41) is 0.767. The van der Waals surface area contributed by atoms with Crippen LogP contribution in [0.15, 0.2) is 56.3 Å². The van der Waals surface area contributed by atoms with Gasteiger partial charge in [-0.2, -0.15) is 0 Å². The molecule has 118 valence electrons.